The van der Waals surface area contributed by atoms with Crippen molar-refractivity contribution in [3.63, 3.8) is 0 Å². The number of nitrogens with zero attached hydrogens (tertiary/aromatic N) is 1. The van der Waals surface area contributed by atoms with Gasteiger partial charge in [0.1, 0.15) is 12.4 Å². The molecule has 0 saturated carbocycles. The van der Waals surface area contributed by atoms with E-state index in [-0.39, 0.29) is 12.4 Å². The van der Waals surface area contributed by atoms with Gasteiger partial charge in [-0.2, -0.15) is 0 Å². The number of methoxy groups -OCH3 is 1. The fourth-order valence-corrected chi connectivity index (χ4v) is 1.63. The maximum Gasteiger partial charge on any atom is 0.325 e. The molecule has 1 rings (SSSR count). The van der Waals surface area contributed by atoms with E-state index >= 15 is 0 Å². The number of carbonyl (C=O) groups is 1. The van der Waals surface area contributed by atoms with Crippen LogP contribution >= 0.6 is 11.6 Å². The lowest BCUT2D eigenvalue weighted by molar-refractivity contribution is -0.138. The van der Waals surface area contributed by atoms with Gasteiger partial charge in [0, 0.05) is 7.05 Å². The summed E-state index contributed by atoms with van der Waals surface area (Å²) >= 11 is 5.96. The van der Waals surface area contributed by atoms with Crippen molar-refractivity contribution in [3.8, 4) is 0 Å². The molecule has 0 heterocycles. The van der Waals surface area contributed by atoms with Crippen molar-refractivity contribution in [3.05, 3.63) is 28.5 Å². The summed E-state index contributed by atoms with van der Waals surface area (Å²) < 4.78 is 17.9. The monoisotopic (exact) mass is 245 g/mol. The van der Waals surface area contributed by atoms with Crippen LogP contribution < -0.4 is 4.90 Å². The van der Waals surface area contributed by atoms with E-state index in [1.54, 1.807) is 14.0 Å². The molecule has 16 heavy (non-hydrogen) atoms. The predicted molar refractivity (Wildman–Crippen MR) is 61.4 cm³/mol. The molecule has 0 aromatic heterocycles. The van der Waals surface area contributed by atoms with E-state index in [1.807, 2.05) is 0 Å². The van der Waals surface area contributed by atoms with Crippen molar-refractivity contribution >= 4 is 23.3 Å². The lowest BCUT2D eigenvalue weighted by Crippen LogP contribution is -2.26. The summed E-state index contributed by atoms with van der Waals surface area (Å²) in [6.07, 6.45) is 0. The van der Waals surface area contributed by atoms with Crippen LogP contribution in [0.3, 0.4) is 0 Å². The largest absolute Gasteiger partial charge is 0.468 e. The quantitative estimate of drug-likeness (QED) is 0.766. The first kappa shape index (κ1) is 12.8. The van der Waals surface area contributed by atoms with Gasteiger partial charge in [-0.05, 0) is 24.6 Å². The number of likely N-dealkylation sites (N-methyl/N-ethyl adjacent to an activating group) is 1. The van der Waals surface area contributed by atoms with Gasteiger partial charge in [-0.1, -0.05) is 11.6 Å². The Kier molecular flexibility index (Phi) is 4.12. The van der Waals surface area contributed by atoms with E-state index in [0.717, 1.165) is 0 Å². The van der Waals surface area contributed by atoms with Gasteiger partial charge in [-0.25, -0.2) is 4.39 Å². The van der Waals surface area contributed by atoms with Crippen molar-refractivity contribution in [1.29, 1.82) is 0 Å². The van der Waals surface area contributed by atoms with E-state index in [0.29, 0.717) is 16.3 Å². The number of ether oxygens (including phenoxy) is 1. The Balaban J connectivity index is 2.95. The molecule has 0 spiro atoms. The normalized spacial score (nSPS) is 10.1. The molecular formula is C11H13ClFNO2. The SMILES string of the molecule is COC(=O)CN(C)c1cc(F)c(C)cc1Cl. The van der Waals surface area contributed by atoms with Crippen LogP contribution in [0.2, 0.25) is 5.02 Å². The average molecular weight is 246 g/mol. The Morgan fingerprint density at radius 1 is 1.56 bits per heavy atom. The van der Waals surface area contributed by atoms with Crippen LogP contribution in [0.5, 0.6) is 0 Å². The Bertz CT molecular complexity index is 409. The van der Waals surface area contributed by atoms with Crippen LogP contribution in [-0.2, 0) is 9.53 Å². The third-order valence-corrected chi connectivity index (χ3v) is 2.54. The predicted octanol–water partition coefficient (Wildman–Crippen LogP) is 2.40. The van der Waals surface area contributed by atoms with E-state index < -0.39 is 5.97 Å². The summed E-state index contributed by atoms with van der Waals surface area (Å²) in [5, 5.41) is 0.408. The number of anilines is 1. The van der Waals surface area contributed by atoms with Gasteiger partial charge >= 0.3 is 5.97 Å². The molecule has 0 unspecified atom stereocenters. The minimum atomic E-state index is -0.403. The fraction of sp³-hybridized carbons (Fsp3) is 0.364. The standard InChI is InChI=1S/C11H13ClFNO2/c1-7-4-8(12)10(5-9(7)13)14(2)6-11(15)16-3/h4-5H,6H2,1-3H3. The van der Waals surface area contributed by atoms with Crippen molar-refractivity contribution in [1.82, 2.24) is 0 Å². The van der Waals surface area contributed by atoms with Gasteiger partial charge in [0.25, 0.3) is 0 Å². The van der Waals surface area contributed by atoms with E-state index in [4.69, 9.17) is 11.6 Å². The Hall–Kier alpha value is -1.29. The Morgan fingerprint density at radius 3 is 2.75 bits per heavy atom. The summed E-state index contributed by atoms with van der Waals surface area (Å²) in [6.45, 7) is 1.66. The average Bonchev–Trinajstić information content (AvgIpc) is 2.23. The summed E-state index contributed by atoms with van der Waals surface area (Å²) in [6, 6.07) is 2.83. The van der Waals surface area contributed by atoms with Gasteiger partial charge in [-0.3, -0.25) is 4.79 Å². The van der Waals surface area contributed by atoms with Crippen LogP contribution in [0.15, 0.2) is 12.1 Å². The number of hydrogen-bond acceptors (Lipinski definition) is 3. The highest BCUT2D eigenvalue weighted by Crippen LogP contribution is 2.27. The zero-order chi connectivity index (χ0) is 12.3. The minimum absolute atomic E-state index is 0.0265. The second-order valence-corrected chi connectivity index (χ2v) is 3.89. The van der Waals surface area contributed by atoms with Crippen molar-refractivity contribution in [2.45, 2.75) is 6.92 Å². The van der Waals surface area contributed by atoms with E-state index in [2.05, 4.69) is 4.74 Å². The first-order chi connectivity index (χ1) is 7.45. The molecule has 1 aromatic carbocycles. The lowest BCUT2D eigenvalue weighted by atomic mass is 10.2. The molecule has 0 N–H and O–H groups in total. The topological polar surface area (TPSA) is 29.5 Å². The van der Waals surface area contributed by atoms with Gasteiger partial charge in [0.15, 0.2) is 0 Å². The van der Waals surface area contributed by atoms with E-state index in [9.17, 15) is 9.18 Å². The highest BCUT2D eigenvalue weighted by atomic mass is 35.5. The molecule has 0 aliphatic rings. The van der Waals surface area contributed by atoms with Crippen molar-refractivity contribution in [2.24, 2.45) is 0 Å². The first-order valence-electron chi connectivity index (χ1n) is 4.69. The molecule has 0 atom stereocenters. The molecule has 1 aromatic rings. The van der Waals surface area contributed by atoms with Gasteiger partial charge in [0.05, 0.1) is 17.8 Å². The number of esters is 1. The zero-order valence-electron chi connectivity index (χ0n) is 9.38. The number of aryl methyl sites for hydroxylation is 1. The zero-order valence-corrected chi connectivity index (χ0v) is 10.1. The highest BCUT2D eigenvalue weighted by Gasteiger charge is 2.12. The van der Waals surface area contributed by atoms with Crippen molar-refractivity contribution in [2.75, 3.05) is 25.6 Å². The third-order valence-electron chi connectivity index (χ3n) is 2.23. The number of benzene rings is 1. The van der Waals surface area contributed by atoms with Crippen LogP contribution in [0.1, 0.15) is 5.56 Å². The van der Waals surface area contributed by atoms with Gasteiger partial charge in [0.2, 0.25) is 0 Å². The maximum atomic E-state index is 13.3. The molecule has 0 amide bonds. The van der Waals surface area contributed by atoms with E-state index in [1.165, 1.54) is 24.1 Å². The van der Waals surface area contributed by atoms with Crippen molar-refractivity contribution < 1.29 is 13.9 Å². The molecule has 0 aliphatic heterocycles. The third kappa shape index (κ3) is 2.85. The lowest BCUT2D eigenvalue weighted by Gasteiger charge is -2.19. The van der Waals surface area contributed by atoms with Crippen LogP contribution in [0.25, 0.3) is 0 Å². The molecule has 0 saturated heterocycles. The molecule has 0 fully saturated rings. The van der Waals surface area contributed by atoms with Crippen LogP contribution in [0, 0.1) is 12.7 Å². The second kappa shape index (κ2) is 5.16. The summed E-state index contributed by atoms with van der Waals surface area (Å²) in [5.41, 5.74) is 0.940. The minimum Gasteiger partial charge on any atom is -0.468 e. The summed E-state index contributed by atoms with van der Waals surface area (Å²) in [7, 11) is 2.94. The molecular weight excluding hydrogens is 233 g/mol. The van der Waals surface area contributed by atoms with Gasteiger partial charge in [-0.15, -0.1) is 0 Å². The van der Waals surface area contributed by atoms with Crippen LogP contribution in [0.4, 0.5) is 10.1 Å². The molecule has 0 radical (unpaired) electrons. The number of halogens is 2. The molecule has 0 bridgehead atoms. The Labute approximate surface area is 98.8 Å². The van der Waals surface area contributed by atoms with Gasteiger partial charge < -0.3 is 9.64 Å². The number of hydrogen-bond donors (Lipinski definition) is 0. The fourth-order valence-electron chi connectivity index (χ4n) is 1.27. The molecule has 88 valence electrons. The second-order valence-electron chi connectivity index (χ2n) is 3.48. The van der Waals surface area contributed by atoms with Crippen LogP contribution in [-0.4, -0.2) is 26.7 Å². The molecule has 0 aliphatic carbocycles. The smallest absolute Gasteiger partial charge is 0.325 e. The highest BCUT2D eigenvalue weighted by molar-refractivity contribution is 6.33. The number of carbonyl (C=O) groups excluding carboxylic acids is 1. The first-order valence-corrected chi connectivity index (χ1v) is 5.07. The summed E-state index contributed by atoms with van der Waals surface area (Å²) in [4.78, 5) is 12.6. The maximum absolute atomic E-state index is 13.3. The summed E-state index contributed by atoms with van der Waals surface area (Å²) in [5.74, 6) is -0.754. The molecule has 3 nitrogen and oxygen atoms in total. The Morgan fingerprint density at radius 2 is 2.19 bits per heavy atom. The number of rotatable bonds is 3. The molecule has 5 heteroatoms.